The Balaban J connectivity index is 1.80. The van der Waals surface area contributed by atoms with E-state index >= 15 is 0 Å². The molecule has 0 radical (unpaired) electrons. The van der Waals surface area contributed by atoms with Crippen molar-refractivity contribution in [1.82, 2.24) is 10.2 Å². The third kappa shape index (κ3) is 5.75. The molecule has 0 spiro atoms. The fourth-order valence-electron chi connectivity index (χ4n) is 2.35. The monoisotopic (exact) mass is 311 g/mol. The van der Waals surface area contributed by atoms with Crippen molar-refractivity contribution in [1.29, 1.82) is 0 Å². The molecule has 0 aliphatic heterocycles. The number of carbonyl (C=O) groups excluding carboxylic acids is 1. The Morgan fingerprint density at radius 2 is 1.52 bits per heavy atom. The van der Waals surface area contributed by atoms with Crippen LogP contribution in [0.4, 0.5) is 10.5 Å². The highest BCUT2D eigenvalue weighted by Gasteiger charge is 2.03. The first-order valence-electron chi connectivity index (χ1n) is 8.11. The molecule has 0 heterocycles. The zero-order valence-corrected chi connectivity index (χ0v) is 13.9. The molecule has 2 amide bonds. The number of para-hydroxylation sites is 1. The van der Waals surface area contributed by atoms with Gasteiger partial charge in [-0.05, 0) is 36.3 Å². The van der Waals surface area contributed by atoms with Gasteiger partial charge in [-0.2, -0.15) is 0 Å². The van der Waals surface area contributed by atoms with Gasteiger partial charge in [0.2, 0.25) is 0 Å². The highest BCUT2D eigenvalue weighted by molar-refractivity contribution is 5.89. The van der Waals surface area contributed by atoms with Crippen LogP contribution in [0.3, 0.4) is 0 Å². The number of anilines is 1. The number of urea groups is 1. The first-order valence-corrected chi connectivity index (χ1v) is 8.11. The number of nitrogens with zero attached hydrogens (tertiary/aromatic N) is 1. The molecule has 0 unspecified atom stereocenters. The van der Waals surface area contributed by atoms with Gasteiger partial charge in [0.1, 0.15) is 0 Å². The SMILES string of the molecule is CCN(CC)Cc1ccc(CNC(=O)Nc2ccccc2)cc1. The molecule has 0 atom stereocenters. The predicted molar refractivity (Wildman–Crippen MR) is 95.4 cm³/mol. The maximum Gasteiger partial charge on any atom is 0.319 e. The Bertz CT molecular complexity index is 592. The molecule has 2 aromatic rings. The van der Waals surface area contributed by atoms with Crippen molar-refractivity contribution >= 4 is 11.7 Å². The Hall–Kier alpha value is -2.33. The quantitative estimate of drug-likeness (QED) is 0.816. The van der Waals surface area contributed by atoms with Crippen molar-refractivity contribution in [3.63, 3.8) is 0 Å². The molecule has 0 fully saturated rings. The molecule has 23 heavy (non-hydrogen) atoms. The number of benzene rings is 2. The van der Waals surface area contributed by atoms with E-state index in [-0.39, 0.29) is 6.03 Å². The van der Waals surface area contributed by atoms with E-state index in [1.54, 1.807) is 0 Å². The van der Waals surface area contributed by atoms with Gasteiger partial charge < -0.3 is 10.6 Å². The molecule has 0 aromatic heterocycles. The second-order valence-corrected chi connectivity index (χ2v) is 5.45. The van der Waals surface area contributed by atoms with Gasteiger partial charge in [0, 0.05) is 18.8 Å². The molecule has 0 saturated carbocycles. The Morgan fingerprint density at radius 1 is 0.913 bits per heavy atom. The highest BCUT2D eigenvalue weighted by Crippen LogP contribution is 2.08. The fraction of sp³-hybridized carbons (Fsp3) is 0.316. The molecule has 2 aromatic carbocycles. The Labute approximate surface area is 138 Å². The first-order chi connectivity index (χ1) is 11.2. The highest BCUT2D eigenvalue weighted by atomic mass is 16.2. The minimum atomic E-state index is -0.191. The zero-order valence-electron chi connectivity index (χ0n) is 13.9. The molecule has 122 valence electrons. The predicted octanol–water partition coefficient (Wildman–Crippen LogP) is 3.85. The van der Waals surface area contributed by atoms with Crippen LogP contribution >= 0.6 is 0 Å². The van der Waals surface area contributed by atoms with Crippen LogP contribution in [-0.4, -0.2) is 24.0 Å². The van der Waals surface area contributed by atoms with Crippen LogP contribution in [0, 0.1) is 0 Å². The molecule has 0 saturated heterocycles. The molecule has 2 N–H and O–H groups in total. The summed E-state index contributed by atoms with van der Waals surface area (Å²) in [6, 6.07) is 17.6. The lowest BCUT2D eigenvalue weighted by Gasteiger charge is -2.18. The second kappa shape index (κ2) is 8.96. The van der Waals surface area contributed by atoms with Gasteiger partial charge in [0.05, 0.1) is 0 Å². The molecule has 0 bridgehead atoms. The minimum absolute atomic E-state index is 0.191. The summed E-state index contributed by atoms with van der Waals surface area (Å²) in [4.78, 5) is 14.2. The van der Waals surface area contributed by atoms with Crippen LogP contribution in [0.15, 0.2) is 54.6 Å². The molecule has 4 nitrogen and oxygen atoms in total. The van der Waals surface area contributed by atoms with Crippen LogP contribution in [-0.2, 0) is 13.1 Å². The van der Waals surface area contributed by atoms with E-state index in [1.807, 2.05) is 30.3 Å². The van der Waals surface area contributed by atoms with Crippen LogP contribution in [0.1, 0.15) is 25.0 Å². The standard InChI is InChI=1S/C19H25N3O/c1-3-22(4-2)15-17-12-10-16(11-13-17)14-20-19(23)21-18-8-6-5-7-9-18/h5-13H,3-4,14-15H2,1-2H3,(H2,20,21,23). The smallest absolute Gasteiger partial charge is 0.319 e. The van der Waals surface area contributed by atoms with Crippen LogP contribution in [0.25, 0.3) is 0 Å². The van der Waals surface area contributed by atoms with E-state index in [2.05, 4.69) is 53.6 Å². The van der Waals surface area contributed by atoms with Crippen molar-refractivity contribution in [2.24, 2.45) is 0 Å². The van der Waals surface area contributed by atoms with E-state index in [4.69, 9.17) is 0 Å². The number of nitrogens with one attached hydrogen (secondary N) is 2. The number of rotatable bonds is 7. The zero-order chi connectivity index (χ0) is 16.5. The third-order valence-corrected chi connectivity index (χ3v) is 3.81. The van der Waals surface area contributed by atoms with Gasteiger partial charge in [-0.3, -0.25) is 4.90 Å². The second-order valence-electron chi connectivity index (χ2n) is 5.45. The number of amides is 2. The van der Waals surface area contributed by atoms with E-state index in [1.165, 1.54) is 5.56 Å². The average Bonchev–Trinajstić information content (AvgIpc) is 2.60. The van der Waals surface area contributed by atoms with Gasteiger partial charge >= 0.3 is 6.03 Å². The van der Waals surface area contributed by atoms with Crippen LogP contribution in [0.2, 0.25) is 0 Å². The Morgan fingerprint density at radius 3 is 2.13 bits per heavy atom. The van der Waals surface area contributed by atoms with Gasteiger partial charge in [-0.1, -0.05) is 56.3 Å². The van der Waals surface area contributed by atoms with Gasteiger partial charge in [0.25, 0.3) is 0 Å². The first kappa shape index (κ1) is 17.0. The summed E-state index contributed by atoms with van der Waals surface area (Å²) in [5.41, 5.74) is 3.18. The maximum atomic E-state index is 11.8. The summed E-state index contributed by atoms with van der Waals surface area (Å²) >= 11 is 0. The van der Waals surface area contributed by atoms with Gasteiger partial charge in [-0.25, -0.2) is 4.79 Å². The van der Waals surface area contributed by atoms with Crippen molar-refractivity contribution in [2.75, 3.05) is 18.4 Å². The lowest BCUT2D eigenvalue weighted by molar-refractivity contribution is 0.251. The summed E-state index contributed by atoms with van der Waals surface area (Å²) in [5, 5.41) is 5.68. The molecular formula is C19H25N3O. The molecule has 0 aliphatic carbocycles. The van der Waals surface area contributed by atoms with E-state index < -0.39 is 0 Å². The molecule has 0 aliphatic rings. The van der Waals surface area contributed by atoms with Crippen molar-refractivity contribution in [3.8, 4) is 0 Å². The number of hydrogen-bond donors (Lipinski definition) is 2. The minimum Gasteiger partial charge on any atom is -0.334 e. The van der Waals surface area contributed by atoms with Crippen molar-refractivity contribution in [3.05, 3.63) is 65.7 Å². The van der Waals surface area contributed by atoms with Gasteiger partial charge in [0.15, 0.2) is 0 Å². The van der Waals surface area contributed by atoms with Crippen LogP contribution < -0.4 is 10.6 Å². The molecule has 2 rings (SSSR count). The third-order valence-electron chi connectivity index (χ3n) is 3.81. The van der Waals surface area contributed by atoms with E-state index in [9.17, 15) is 4.79 Å². The topological polar surface area (TPSA) is 44.4 Å². The van der Waals surface area contributed by atoms with E-state index in [0.29, 0.717) is 6.54 Å². The molecular weight excluding hydrogens is 286 g/mol. The van der Waals surface area contributed by atoms with Crippen LogP contribution in [0.5, 0.6) is 0 Å². The van der Waals surface area contributed by atoms with Crippen molar-refractivity contribution < 1.29 is 4.79 Å². The summed E-state index contributed by atoms with van der Waals surface area (Å²) in [5.74, 6) is 0. The Kier molecular flexibility index (Phi) is 6.63. The number of hydrogen-bond acceptors (Lipinski definition) is 2. The molecule has 4 heteroatoms. The number of carbonyl (C=O) groups is 1. The van der Waals surface area contributed by atoms with E-state index in [0.717, 1.165) is 30.9 Å². The summed E-state index contributed by atoms with van der Waals surface area (Å²) in [6.07, 6.45) is 0. The summed E-state index contributed by atoms with van der Waals surface area (Å²) < 4.78 is 0. The lowest BCUT2D eigenvalue weighted by atomic mass is 10.1. The van der Waals surface area contributed by atoms with Crippen molar-refractivity contribution in [2.45, 2.75) is 26.9 Å². The maximum absolute atomic E-state index is 11.8. The largest absolute Gasteiger partial charge is 0.334 e. The average molecular weight is 311 g/mol. The fourth-order valence-corrected chi connectivity index (χ4v) is 2.35. The summed E-state index contributed by atoms with van der Waals surface area (Å²) in [7, 11) is 0. The van der Waals surface area contributed by atoms with Gasteiger partial charge in [-0.15, -0.1) is 0 Å². The summed E-state index contributed by atoms with van der Waals surface area (Å²) in [6.45, 7) is 7.94. The lowest BCUT2D eigenvalue weighted by Crippen LogP contribution is -2.28. The normalized spacial score (nSPS) is 10.6.